The summed E-state index contributed by atoms with van der Waals surface area (Å²) in [6.07, 6.45) is 1.54. The second-order valence-corrected chi connectivity index (χ2v) is 5.79. The number of hydrogen-bond acceptors (Lipinski definition) is 4. The van der Waals surface area contributed by atoms with Gasteiger partial charge in [-0.3, -0.25) is 9.59 Å². The first-order valence-electron chi connectivity index (χ1n) is 7.71. The number of hydrogen-bond donors (Lipinski definition) is 2. The van der Waals surface area contributed by atoms with E-state index in [1.165, 1.54) is 6.92 Å². The molecule has 0 aliphatic rings. The summed E-state index contributed by atoms with van der Waals surface area (Å²) in [5.74, 6) is 0.457. The van der Waals surface area contributed by atoms with Gasteiger partial charge in [0.25, 0.3) is 5.91 Å². The minimum absolute atomic E-state index is 0.0349. The van der Waals surface area contributed by atoms with Crippen molar-refractivity contribution in [3.63, 3.8) is 0 Å². The van der Waals surface area contributed by atoms with E-state index >= 15 is 0 Å². The molecule has 1 atom stereocenters. The number of nitrogens with one attached hydrogen (secondary N) is 2. The molecule has 0 aliphatic carbocycles. The topological polar surface area (TPSA) is 74.4 Å². The van der Waals surface area contributed by atoms with Gasteiger partial charge < -0.3 is 19.9 Å². The number of amides is 1. The quantitative estimate of drug-likeness (QED) is 0.764. The molecular formula is C18H23N3O3. The van der Waals surface area contributed by atoms with Gasteiger partial charge in [0.05, 0.1) is 13.2 Å². The number of benzene rings is 1. The molecule has 128 valence electrons. The molecule has 2 rings (SSSR count). The Bertz CT molecular complexity index is 722. The molecular weight excluding hydrogens is 306 g/mol. The van der Waals surface area contributed by atoms with Gasteiger partial charge in [0.1, 0.15) is 11.4 Å². The van der Waals surface area contributed by atoms with Crippen molar-refractivity contribution in [2.75, 3.05) is 27.7 Å². The highest BCUT2D eigenvalue weighted by atomic mass is 16.5. The number of methoxy groups -OCH3 is 1. The van der Waals surface area contributed by atoms with E-state index < -0.39 is 0 Å². The third-order valence-electron chi connectivity index (χ3n) is 3.91. The van der Waals surface area contributed by atoms with Crippen molar-refractivity contribution in [3.05, 3.63) is 53.3 Å². The standard InChI is InChI=1S/C18H23N3O3/c1-12(22)13-9-15(19-10-13)18(23)20-11-16(21(2)3)14-7-5-6-8-17(14)24-4/h5-10,16,19H,11H2,1-4H3,(H,20,23). The molecule has 0 fully saturated rings. The maximum atomic E-state index is 12.3. The molecule has 0 aliphatic heterocycles. The molecule has 0 saturated heterocycles. The average Bonchev–Trinajstić information content (AvgIpc) is 3.05. The van der Waals surface area contributed by atoms with Gasteiger partial charge in [-0.25, -0.2) is 0 Å². The van der Waals surface area contributed by atoms with E-state index in [9.17, 15) is 9.59 Å². The molecule has 0 spiro atoms. The van der Waals surface area contributed by atoms with E-state index in [1.807, 2.05) is 43.3 Å². The lowest BCUT2D eigenvalue weighted by molar-refractivity contribution is 0.0937. The Balaban J connectivity index is 2.11. The molecule has 1 aromatic heterocycles. The third kappa shape index (κ3) is 4.02. The molecule has 1 aromatic carbocycles. The number of rotatable bonds is 7. The maximum Gasteiger partial charge on any atom is 0.267 e. The summed E-state index contributed by atoms with van der Waals surface area (Å²) in [7, 11) is 5.53. The van der Waals surface area contributed by atoms with Gasteiger partial charge in [-0.15, -0.1) is 0 Å². The molecule has 2 N–H and O–H groups in total. The van der Waals surface area contributed by atoms with E-state index in [1.54, 1.807) is 19.4 Å². The van der Waals surface area contributed by atoms with E-state index in [2.05, 4.69) is 10.3 Å². The fraction of sp³-hybridized carbons (Fsp3) is 0.333. The predicted octanol–water partition coefficient (Wildman–Crippen LogP) is 2.26. The summed E-state index contributed by atoms with van der Waals surface area (Å²) in [5.41, 5.74) is 1.87. The molecule has 1 amide bonds. The van der Waals surface area contributed by atoms with Crippen LogP contribution in [0.4, 0.5) is 0 Å². The smallest absolute Gasteiger partial charge is 0.267 e. The Morgan fingerprint density at radius 1 is 1.29 bits per heavy atom. The Kier molecular flexibility index (Phi) is 5.76. The van der Waals surface area contributed by atoms with Crippen LogP contribution in [0.1, 0.15) is 39.4 Å². The number of ketones is 1. The van der Waals surface area contributed by atoms with Crippen LogP contribution in [0.3, 0.4) is 0 Å². The zero-order valence-electron chi connectivity index (χ0n) is 14.4. The average molecular weight is 329 g/mol. The van der Waals surface area contributed by atoms with Gasteiger partial charge in [-0.05, 0) is 33.2 Å². The number of carbonyl (C=O) groups is 2. The normalized spacial score (nSPS) is 12.0. The van der Waals surface area contributed by atoms with E-state index in [0.717, 1.165) is 11.3 Å². The second kappa shape index (κ2) is 7.79. The number of ether oxygens (including phenoxy) is 1. The number of nitrogens with zero attached hydrogens (tertiary/aromatic N) is 1. The van der Waals surface area contributed by atoms with Gasteiger partial charge >= 0.3 is 0 Å². The van der Waals surface area contributed by atoms with Crippen LogP contribution in [-0.4, -0.2) is 49.3 Å². The van der Waals surface area contributed by atoms with Crippen LogP contribution in [0.15, 0.2) is 36.5 Å². The fourth-order valence-electron chi connectivity index (χ4n) is 2.53. The van der Waals surface area contributed by atoms with Crippen LogP contribution in [0.25, 0.3) is 0 Å². The van der Waals surface area contributed by atoms with Crippen molar-refractivity contribution < 1.29 is 14.3 Å². The molecule has 1 heterocycles. The Morgan fingerprint density at radius 3 is 2.58 bits per heavy atom. The Morgan fingerprint density at radius 2 is 2.00 bits per heavy atom. The number of para-hydroxylation sites is 1. The van der Waals surface area contributed by atoms with E-state index in [4.69, 9.17) is 4.74 Å². The predicted molar refractivity (Wildman–Crippen MR) is 92.6 cm³/mol. The summed E-state index contributed by atoms with van der Waals surface area (Å²) in [6, 6.07) is 9.27. The first-order valence-corrected chi connectivity index (χ1v) is 7.71. The van der Waals surface area contributed by atoms with Crippen LogP contribution in [-0.2, 0) is 0 Å². The largest absolute Gasteiger partial charge is 0.496 e. The Hall–Kier alpha value is -2.60. The molecule has 0 saturated carbocycles. The summed E-state index contributed by atoms with van der Waals surface area (Å²) in [5, 5.41) is 2.90. The van der Waals surface area contributed by atoms with Crippen molar-refractivity contribution in [3.8, 4) is 5.75 Å². The van der Waals surface area contributed by atoms with E-state index in [-0.39, 0.29) is 17.7 Å². The van der Waals surface area contributed by atoms with Gasteiger partial charge in [0.15, 0.2) is 5.78 Å². The lowest BCUT2D eigenvalue weighted by atomic mass is 10.0. The number of H-pyrrole nitrogens is 1. The monoisotopic (exact) mass is 329 g/mol. The zero-order chi connectivity index (χ0) is 17.7. The highest BCUT2D eigenvalue weighted by Crippen LogP contribution is 2.27. The van der Waals surface area contributed by atoms with Crippen LogP contribution >= 0.6 is 0 Å². The number of carbonyl (C=O) groups excluding carboxylic acids is 2. The Labute approximate surface area is 141 Å². The molecule has 6 heteroatoms. The number of aromatic amines is 1. The summed E-state index contributed by atoms with van der Waals surface area (Å²) in [4.78, 5) is 28.5. The van der Waals surface area contributed by atoms with Crippen LogP contribution in [0.5, 0.6) is 5.75 Å². The molecule has 6 nitrogen and oxygen atoms in total. The van der Waals surface area contributed by atoms with E-state index in [0.29, 0.717) is 17.8 Å². The molecule has 1 unspecified atom stereocenters. The van der Waals surface area contributed by atoms with Crippen molar-refractivity contribution in [2.45, 2.75) is 13.0 Å². The van der Waals surface area contributed by atoms with Crippen molar-refractivity contribution in [1.82, 2.24) is 15.2 Å². The zero-order valence-corrected chi connectivity index (χ0v) is 14.4. The molecule has 0 radical (unpaired) electrons. The lowest BCUT2D eigenvalue weighted by Crippen LogP contribution is -2.34. The lowest BCUT2D eigenvalue weighted by Gasteiger charge is -2.26. The maximum absolute atomic E-state index is 12.3. The van der Waals surface area contributed by atoms with Gasteiger partial charge in [0, 0.05) is 23.9 Å². The highest BCUT2D eigenvalue weighted by molar-refractivity contribution is 5.99. The molecule has 2 aromatic rings. The van der Waals surface area contributed by atoms with Gasteiger partial charge in [-0.2, -0.15) is 0 Å². The van der Waals surface area contributed by atoms with Crippen molar-refractivity contribution in [2.24, 2.45) is 0 Å². The summed E-state index contributed by atoms with van der Waals surface area (Å²) >= 11 is 0. The van der Waals surface area contributed by atoms with Crippen molar-refractivity contribution >= 4 is 11.7 Å². The van der Waals surface area contributed by atoms with Gasteiger partial charge in [-0.1, -0.05) is 18.2 Å². The molecule has 24 heavy (non-hydrogen) atoms. The molecule has 0 bridgehead atoms. The SMILES string of the molecule is COc1ccccc1C(CNC(=O)c1cc(C(C)=O)c[nH]1)N(C)C. The van der Waals surface area contributed by atoms with Crippen LogP contribution in [0.2, 0.25) is 0 Å². The minimum Gasteiger partial charge on any atom is -0.496 e. The first kappa shape index (κ1) is 17.7. The van der Waals surface area contributed by atoms with Crippen LogP contribution in [0, 0.1) is 0 Å². The number of aromatic nitrogens is 1. The van der Waals surface area contributed by atoms with Crippen LogP contribution < -0.4 is 10.1 Å². The second-order valence-electron chi connectivity index (χ2n) is 5.79. The number of Topliss-reactive ketones (excluding diaryl/α,β-unsaturated/α-hetero) is 1. The highest BCUT2D eigenvalue weighted by Gasteiger charge is 2.20. The van der Waals surface area contributed by atoms with Gasteiger partial charge in [0.2, 0.25) is 0 Å². The van der Waals surface area contributed by atoms with Crippen molar-refractivity contribution in [1.29, 1.82) is 0 Å². The fourth-order valence-corrected chi connectivity index (χ4v) is 2.53. The summed E-state index contributed by atoms with van der Waals surface area (Å²) in [6.45, 7) is 1.88. The third-order valence-corrected chi connectivity index (χ3v) is 3.91. The minimum atomic E-state index is -0.246. The summed E-state index contributed by atoms with van der Waals surface area (Å²) < 4.78 is 5.41. The first-order chi connectivity index (χ1) is 11.4. The number of likely N-dealkylation sites (N-methyl/N-ethyl adjacent to an activating group) is 1.